The van der Waals surface area contributed by atoms with Crippen molar-refractivity contribution >= 4 is 21.7 Å². The zero-order valence-corrected chi connectivity index (χ0v) is 13.5. The molecule has 128 valence electrons. The first kappa shape index (κ1) is 17.7. The summed E-state index contributed by atoms with van der Waals surface area (Å²) in [6, 6.07) is 6.10. The van der Waals surface area contributed by atoms with E-state index in [0.717, 1.165) is 43.4 Å². The smallest absolute Gasteiger partial charge is 0.335 e. The fourth-order valence-electron chi connectivity index (χ4n) is 2.07. The third kappa shape index (κ3) is 3.02. The van der Waals surface area contributed by atoms with Gasteiger partial charge in [-0.15, -0.1) is 0 Å². The van der Waals surface area contributed by atoms with Crippen LogP contribution in [0.25, 0.3) is 0 Å². The van der Waals surface area contributed by atoms with E-state index in [-0.39, 0.29) is 11.3 Å². The molecule has 0 amide bonds. The van der Waals surface area contributed by atoms with E-state index in [1.807, 2.05) is 0 Å². The zero-order valence-electron chi connectivity index (χ0n) is 12.7. The van der Waals surface area contributed by atoms with Crippen molar-refractivity contribution in [2.45, 2.75) is 4.90 Å². The lowest BCUT2D eigenvalue weighted by Gasteiger charge is -2.22. The number of halogens is 2. The normalized spacial score (nSPS) is 11.2. The van der Waals surface area contributed by atoms with E-state index in [4.69, 9.17) is 9.84 Å². The van der Waals surface area contributed by atoms with Gasteiger partial charge in [0.25, 0.3) is 10.0 Å². The van der Waals surface area contributed by atoms with Gasteiger partial charge in [-0.05, 0) is 30.3 Å². The molecule has 0 aliphatic carbocycles. The number of rotatable bonds is 5. The highest BCUT2D eigenvalue weighted by molar-refractivity contribution is 7.93. The fraction of sp³-hybridized carbons (Fsp3) is 0.133. The first-order chi connectivity index (χ1) is 11.2. The summed E-state index contributed by atoms with van der Waals surface area (Å²) >= 11 is 0. The highest BCUT2D eigenvalue weighted by atomic mass is 32.2. The van der Waals surface area contributed by atoms with Crippen LogP contribution in [0.1, 0.15) is 10.4 Å². The van der Waals surface area contributed by atoms with E-state index in [1.165, 1.54) is 7.11 Å². The van der Waals surface area contributed by atoms with Crippen molar-refractivity contribution < 1.29 is 31.8 Å². The molecule has 0 saturated heterocycles. The third-order valence-electron chi connectivity index (χ3n) is 3.30. The molecule has 0 unspecified atom stereocenters. The molecule has 9 heteroatoms. The molecule has 2 rings (SSSR count). The van der Waals surface area contributed by atoms with E-state index in [2.05, 4.69) is 0 Å². The number of carbonyl (C=O) groups is 1. The molecule has 0 aliphatic heterocycles. The summed E-state index contributed by atoms with van der Waals surface area (Å²) in [6.45, 7) is 0. The van der Waals surface area contributed by atoms with Gasteiger partial charge in [-0.25, -0.2) is 22.0 Å². The first-order valence-electron chi connectivity index (χ1n) is 6.54. The standard InChI is InChI=1S/C15H13F2NO5S/c1-18(14-10(16)4-3-5-11(14)17)24(21,22)13-8-9(15(19)20)6-7-12(13)23-2/h3-8H,1-2H3,(H,19,20). The summed E-state index contributed by atoms with van der Waals surface area (Å²) in [4.78, 5) is 10.5. The van der Waals surface area contributed by atoms with Crippen molar-refractivity contribution in [2.24, 2.45) is 0 Å². The average molecular weight is 357 g/mol. The van der Waals surface area contributed by atoms with Crippen LogP contribution < -0.4 is 9.04 Å². The Morgan fingerprint density at radius 3 is 2.25 bits per heavy atom. The lowest BCUT2D eigenvalue weighted by atomic mass is 10.2. The highest BCUT2D eigenvalue weighted by Crippen LogP contribution is 2.32. The van der Waals surface area contributed by atoms with Gasteiger partial charge in [-0.3, -0.25) is 4.31 Å². The maximum absolute atomic E-state index is 13.9. The summed E-state index contributed by atoms with van der Waals surface area (Å²) in [5.74, 6) is -3.65. The fourth-order valence-corrected chi connectivity index (χ4v) is 3.46. The second-order valence-electron chi connectivity index (χ2n) is 4.71. The minimum atomic E-state index is -4.47. The number of para-hydroxylation sites is 1. The minimum absolute atomic E-state index is 0.149. The molecule has 24 heavy (non-hydrogen) atoms. The van der Waals surface area contributed by atoms with Gasteiger partial charge in [0.05, 0.1) is 12.7 Å². The molecule has 2 aromatic rings. The lowest BCUT2D eigenvalue weighted by Crippen LogP contribution is -2.29. The Morgan fingerprint density at radius 1 is 1.17 bits per heavy atom. The van der Waals surface area contributed by atoms with E-state index >= 15 is 0 Å². The van der Waals surface area contributed by atoms with Crippen molar-refractivity contribution in [2.75, 3.05) is 18.5 Å². The van der Waals surface area contributed by atoms with Gasteiger partial charge in [0.15, 0.2) is 11.6 Å². The van der Waals surface area contributed by atoms with E-state index in [0.29, 0.717) is 4.31 Å². The number of sulfonamides is 1. The van der Waals surface area contributed by atoms with Gasteiger partial charge in [0.2, 0.25) is 0 Å². The van der Waals surface area contributed by atoms with Crippen molar-refractivity contribution in [3.8, 4) is 5.75 Å². The number of hydrogen-bond acceptors (Lipinski definition) is 4. The van der Waals surface area contributed by atoms with Crippen LogP contribution in [-0.2, 0) is 10.0 Å². The predicted molar refractivity (Wildman–Crippen MR) is 81.9 cm³/mol. The molecule has 0 radical (unpaired) electrons. The average Bonchev–Trinajstić information content (AvgIpc) is 2.53. The monoisotopic (exact) mass is 357 g/mol. The van der Waals surface area contributed by atoms with Gasteiger partial charge < -0.3 is 9.84 Å². The van der Waals surface area contributed by atoms with Crippen LogP contribution in [0, 0.1) is 11.6 Å². The van der Waals surface area contributed by atoms with Crippen molar-refractivity contribution in [3.63, 3.8) is 0 Å². The van der Waals surface area contributed by atoms with Crippen LogP contribution in [0.4, 0.5) is 14.5 Å². The Morgan fingerprint density at radius 2 is 1.75 bits per heavy atom. The van der Waals surface area contributed by atoms with Gasteiger partial charge in [0.1, 0.15) is 16.3 Å². The maximum Gasteiger partial charge on any atom is 0.335 e. The molecule has 0 saturated carbocycles. The molecule has 2 aromatic carbocycles. The number of methoxy groups -OCH3 is 1. The molecule has 6 nitrogen and oxygen atoms in total. The Kier molecular flexibility index (Phi) is 4.74. The van der Waals surface area contributed by atoms with E-state index < -0.39 is 38.2 Å². The molecular weight excluding hydrogens is 344 g/mol. The van der Waals surface area contributed by atoms with Gasteiger partial charge in [-0.1, -0.05) is 6.07 Å². The van der Waals surface area contributed by atoms with Gasteiger partial charge in [0, 0.05) is 7.05 Å². The molecular formula is C15H13F2NO5S. The molecule has 0 bridgehead atoms. The molecule has 0 spiro atoms. The van der Waals surface area contributed by atoms with E-state index in [9.17, 15) is 22.0 Å². The van der Waals surface area contributed by atoms with Gasteiger partial charge >= 0.3 is 5.97 Å². The summed E-state index contributed by atoms with van der Waals surface area (Å²) < 4.78 is 58.5. The first-order valence-corrected chi connectivity index (χ1v) is 7.98. The molecule has 0 atom stereocenters. The highest BCUT2D eigenvalue weighted by Gasteiger charge is 2.30. The van der Waals surface area contributed by atoms with E-state index in [1.54, 1.807) is 0 Å². The summed E-state index contributed by atoms with van der Waals surface area (Å²) in [7, 11) is -2.32. The summed E-state index contributed by atoms with van der Waals surface area (Å²) in [6.07, 6.45) is 0. The molecule has 0 heterocycles. The maximum atomic E-state index is 13.9. The van der Waals surface area contributed by atoms with Crippen LogP contribution in [0.15, 0.2) is 41.3 Å². The zero-order chi connectivity index (χ0) is 18.1. The Bertz CT molecular complexity index is 878. The number of nitrogens with zero attached hydrogens (tertiary/aromatic N) is 1. The minimum Gasteiger partial charge on any atom is -0.495 e. The van der Waals surface area contributed by atoms with Crippen LogP contribution in [0.5, 0.6) is 5.75 Å². The van der Waals surface area contributed by atoms with Crippen LogP contribution in [0.3, 0.4) is 0 Å². The Labute approximate surface area is 137 Å². The number of carboxylic acid groups (broad SMARTS) is 1. The molecule has 1 N–H and O–H groups in total. The number of aromatic carboxylic acids is 1. The topological polar surface area (TPSA) is 83.9 Å². The quantitative estimate of drug-likeness (QED) is 0.889. The van der Waals surface area contributed by atoms with Crippen molar-refractivity contribution in [1.29, 1.82) is 0 Å². The SMILES string of the molecule is COc1ccc(C(=O)O)cc1S(=O)(=O)N(C)c1c(F)cccc1F. The van der Waals surface area contributed by atoms with Crippen molar-refractivity contribution in [1.82, 2.24) is 0 Å². The second kappa shape index (κ2) is 6.44. The van der Waals surface area contributed by atoms with Crippen LogP contribution in [0.2, 0.25) is 0 Å². The molecule has 0 aliphatic rings. The predicted octanol–water partition coefficient (Wildman–Crippen LogP) is 2.50. The number of ether oxygens (including phenoxy) is 1. The summed E-state index contributed by atoms with van der Waals surface area (Å²) in [5, 5.41) is 9.01. The number of hydrogen-bond donors (Lipinski definition) is 1. The number of anilines is 1. The summed E-state index contributed by atoms with van der Waals surface area (Å²) in [5.41, 5.74) is -1.09. The second-order valence-corrected chi connectivity index (χ2v) is 6.65. The number of benzene rings is 2. The molecule has 0 fully saturated rings. The third-order valence-corrected chi connectivity index (χ3v) is 5.08. The van der Waals surface area contributed by atoms with Gasteiger partial charge in [-0.2, -0.15) is 0 Å². The molecule has 0 aromatic heterocycles. The largest absolute Gasteiger partial charge is 0.495 e. The lowest BCUT2D eigenvalue weighted by molar-refractivity contribution is 0.0696. The van der Waals surface area contributed by atoms with Crippen LogP contribution in [-0.4, -0.2) is 33.7 Å². The van der Waals surface area contributed by atoms with Crippen LogP contribution >= 0.6 is 0 Å². The Balaban J connectivity index is 2.66. The van der Waals surface area contributed by atoms with Crippen molar-refractivity contribution in [3.05, 3.63) is 53.6 Å². The Hall–Kier alpha value is -2.68. The number of carboxylic acids is 1.